The molecule has 0 saturated carbocycles. The van der Waals surface area contributed by atoms with E-state index in [-0.39, 0.29) is 18.2 Å². The lowest BCUT2D eigenvalue weighted by atomic mass is 9.90. The Hall–Kier alpha value is -3.23. The van der Waals surface area contributed by atoms with Gasteiger partial charge >= 0.3 is 0 Å². The summed E-state index contributed by atoms with van der Waals surface area (Å²) in [5.74, 6) is 1.77. The number of Topliss-reactive ketones (excluding diaryl/α,β-unsaturated/α-hetero) is 1. The highest BCUT2D eigenvalue weighted by molar-refractivity contribution is 6.02. The summed E-state index contributed by atoms with van der Waals surface area (Å²) in [4.78, 5) is 22.1. The van der Waals surface area contributed by atoms with Crippen molar-refractivity contribution < 1.29 is 18.7 Å². The maximum Gasteiger partial charge on any atom is 0.227 e. The first-order valence-electron chi connectivity index (χ1n) is 9.76. The third-order valence-electron chi connectivity index (χ3n) is 5.09. The summed E-state index contributed by atoms with van der Waals surface area (Å²) in [5.41, 5.74) is 0.350. The molecular formula is C22H24N4O4. The van der Waals surface area contributed by atoms with E-state index < -0.39 is 5.54 Å². The molecule has 30 heavy (non-hydrogen) atoms. The molecule has 0 bridgehead atoms. The van der Waals surface area contributed by atoms with Gasteiger partial charge < -0.3 is 19.2 Å². The predicted octanol–water partition coefficient (Wildman–Crippen LogP) is 2.25. The molecule has 3 aromatic rings. The number of aromatic nitrogens is 2. The topological polar surface area (TPSA) is 98.5 Å². The lowest BCUT2D eigenvalue weighted by Crippen LogP contribution is -2.66. The number of piperazine rings is 1. The smallest absolute Gasteiger partial charge is 0.227 e. The number of rotatable bonds is 7. The van der Waals surface area contributed by atoms with Crippen molar-refractivity contribution >= 4 is 5.78 Å². The Morgan fingerprint density at radius 3 is 2.70 bits per heavy atom. The van der Waals surface area contributed by atoms with Gasteiger partial charge in [0.2, 0.25) is 11.7 Å². The molecule has 1 unspecified atom stereocenters. The van der Waals surface area contributed by atoms with Crippen molar-refractivity contribution in [1.82, 2.24) is 20.6 Å². The quantitative estimate of drug-likeness (QED) is 0.575. The summed E-state index contributed by atoms with van der Waals surface area (Å²) in [6, 6.07) is 10.9. The van der Waals surface area contributed by atoms with Crippen molar-refractivity contribution in [2.24, 2.45) is 0 Å². The molecule has 8 nitrogen and oxygen atoms in total. The summed E-state index contributed by atoms with van der Waals surface area (Å²) in [6.07, 6.45) is 3.29. The van der Waals surface area contributed by atoms with Crippen LogP contribution in [0.15, 0.2) is 53.2 Å². The minimum Gasteiger partial charge on any atom is -0.497 e. The van der Waals surface area contributed by atoms with Crippen molar-refractivity contribution in [2.75, 3.05) is 33.4 Å². The van der Waals surface area contributed by atoms with E-state index in [0.29, 0.717) is 30.4 Å². The van der Waals surface area contributed by atoms with Crippen LogP contribution < -0.4 is 20.1 Å². The van der Waals surface area contributed by atoms with Gasteiger partial charge in [-0.15, -0.1) is 0 Å². The average Bonchev–Trinajstić information content (AvgIpc) is 3.20. The second-order valence-corrected chi connectivity index (χ2v) is 7.15. The van der Waals surface area contributed by atoms with E-state index in [1.807, 2.05) is 30.3 Å². The van der Waals surface area contributed by atoms with Gasteiger partial charge in [0, 0.05) is 31.4 Å². The number of nitrogens with one attached hydrogen (secondary N) is 2. The Bertz CT molecular complexity index is 996. The first-order chi connectivity index (χ1) is 14.6. The number of hydrogen-bond acceptors (Lipinski definition) is 8. The zero-order valence-corrected chi connectivity index (χ0v) is 17.0. The number of benzene rings is 1. The van der Waals surface area contributed by atoms with E-state index >= 15 is 0 Å². The van der Waals surface area contributed by atoms with Gasteiger partial charge in [-0.2, -0.15) is 0 Å². The van der Waals surface area contributed by atoms with Crippen molar-refractivity contribution in [3.8, 4) is 23.0 Å². The third kappa shape index (κ3) is 4.05. The van der Waals surface area contributed by atoms with Crippen molar-refractivity contribution in [3.05, 3.63) is 60.2 Å². The average molecular weight is 408 g/mol. The summed E-state index contributed by atoms with van der Waals surface area (Å²) >= 11 is 0. The van der Waals surface area contributed by atoms with Gasteiger partial charge in [0.25, 0.3) is 0 Å². The van der Waals surface area contributed by atoms with Crippen molar-refractivity contribution in [2.45, 2.75) is 12.5 Å². The van der Waals surface area contributed by atoms with Crippen LogP contribution in [-0.2, 0) is 0 Å². The molecule has 0 radical (unpaired) electrons. The summed E-state index contributed by atoms with van der Waals surface area (Å²) in [6.45, 7) is 3.75. The number of ether oxygens (including phenoxy) is 2. The van der Waals surface area contributed by atoms with Gasteiger partial charge in [-0.1, -0.05) is 0 Å². The number of methoxy groups -OCH3 is 1. The minimum absolute atomic E-state index is 0.141. The van der Waals surface area contributed by atoms with Crippen molar-refractivity contribution in [1.29, 1.82) is 0 Å². The van der Waals surface area contributed by atoms with Crippen molar-refractivity contribution in [3.63, 3.8) is 0 Å². The zero-order valence-electron chi connectivity index (χ0n) is 17.0. The Morgan fingerprint density at radius 2 is 2.03 bits per heavy atom. The van der Waals surface area contributed by atoms with Gasteiger partial charge in [-0.05, 0) is 43.3 Å². The Labute approximate surface area is 174 Å². The third-order valence-corrected chi connectivity index (χ3v) is 5.09. The fraction of sp³-hybridized carbons (Fsp3) is 0.318. The largest absolute Gasteiger partial charge is 0.497 e. The van der Waals surface area contributed by atoms with Gasteiger partial charge in [-0.25, -0.2) is 4.98 Å². The number of ketones is 1. The number of carbonyl (C=O) groups is 1. The van der Waals surface area contributed by atoms with Crippen LogP contribution in [-0.4, -0.2) is 54.6 Å². The zero-order chi connectivity index (χ0) is 21.0. The molecule has 0 spiro atoms. The normalized spacial score (nSPS) is 18.7. The number of hydrogen-bond donors (Lipinski definition) is 2. The molecule has 156 valence electrons. The van der Waals surface area contributed by atoms with Crippen LogP contribution in [0.4, 0.5) is 0 Å². The molecule has 1 aromatic carbocycles. The fourth-order valence-electron chi connectivity index (χ4n) is 3.40. The van der Waals surface area contributed by atoms with Crippen LogP contribution in [0.3, 0.4) is 0 Å². The molecule has 1 aliphatic rings. The first kappa shape index (κ1) is 20.1. The number of carbonyl (C=O) groups excluding carboxylic acids is 1. The Balaban J connectivity index is 1.60. The molecule has 2 aromatic heterocycles. The molecule has 4 rings (SSSR count). The molecule has 1 fully saturated rings. The van der Waals surface area contributed by atoms with Gasteiger partial charge in [-0.3, -0.25) is 15.1 Å². The predicted molar refractivity (Wildman–Crippen MR) is 111 cm³/mol. The van der Waals surface area contributed by atoms with Crippen LogP contribution in [0.1, 0.15) is 16.2 Å². The highest BCUT2D eigenvalue weighted by Crippen LogP contribution is 2.27. The van der Waals surface area contributed by atoms with E-state index in [4.69, 9.17) is 13.9 Å². The molecule has 0 aliphatic carbocycles. The maximum atomic E-state index is 13.6. The number of nitrogens with zero attached hydrogens (tertiary/aromatic N) is 2. The monoisotopic (exact) mass is 408 g/mol. The molecule has 3 heterocycles. The van der Waals surface area contributed by atoms with E-state index in [9.17, 15) is 4.79 Å². The summed E-state index contributed by atoms with van der Waals surface area (Å²) in [7, 11) is 1.61. The van der Waals surface area contributed by atoms with Gasteiger partial charge in [0.15, 0.2) is 5.76 Å². The highest BCUT2D eigenvalue weighted by Gasteiger charge is 2.43. The van der Waals surface area contributed by atoms with E-state index in [1.54, 1.807) is 32.5 Å². The summed E-state index contributed by atoms with van der Waals surface area (Å²) in [5, 5.41) is 6.61. The summed E-state index contributed by atoms with van der Waals surface area (Å²) < 4.78 is 17.0. The van der Waals surface area contributed by atoms with E-state index in [2.05, 4.69) is 20.6 Å². The fourth-order valence-corrected chi connectivity index (χ4v) is 3.40. The SMILES string of the molecule is COc1ccc(-c2nc(C)c(C(=O)C3(COc4cccnc4)CNCCN3)o2)cc1. The molecule has 1 atom stereocenters. The van der Waals surface area contributed by atoms with Gasteiger partial charge in [0.1, 0.15) is 23.6 Å². The lowest BCUT2D eigenvalue weighted by Gasteiger charge is -2.36. The van der Waals surface area contributed by atoms with Crippen LogP contribution in [0.5, 0.6) is 11.5 Å². The van der Waals surface area contributed by atoms with E-state index in [0.717, 1.165) is 17.9 Å². The molecule has 8 heteroatoms. The lowest BCUT2D eigenvalue weighted by molar-refractivity contribution is 0.0709. The van der Waals surface area contributed by atoms with E-state index in [1.165, 1.54) is 0 Å². The molecular weight excluding hydrogens is 384 g/mol. The molecule has 1 saturated heterocycles. The standard InChI is InChI=1S/C22H24N4O4/c1-15-19(30-21(26-15)16-5-7-17(28-2)8-6-16)20(27)22(13-24-10-11-25-22)14-29-18-4-3-9-23-12-18/h3-9,12,24-25H,10-11,13-14H2,1-2H3. The second kappa shape index (κ2) is 8.64. The van der Waals surface area contributed by atoms with Crippen LogP contribution >= 0.6 is 0 Å². The maximum absolute atomic E-state index is 13.6. The van der Waals surface area contributed by atoms with Crippen LogP contribution in [0.2, 0.25) is 0 Å². The number of pyridine rings is 1. The Morgan fingerprint density at radius 1 is 1.20 bits per heavy atom. The first-order valence-corrected chi connectivity index (χ1v) is 9.76. The molecule has 0 amide bonds. The van der Waals surface area contributed by atoms with Gasteiger partial charge in [0.05, 0.1) is 19.0 Å². The number of aryl methyl sites for hydroxylation is 1. The minimum atomic E-state index is -0.963. The number of oxazole rings is 1. The molecule has 1 aliphatic heterocycles. The van der Waals surface area contributed by atoms with Crippen LogP contribution in [0, 0.1) is 6.92 Å². The highest BCUT2D eigenvalue weighted by atomic mass is 16.5. The molecule has 2 N–H and O–H groups in total. The van der Waals surface area contributed by atoms with Crippen LogP contribution in [0.25, 0.3) is 11.5 Å². The second-order valence-electron chi connectivity index (χ2n) is 7.15. The Kier molecular flexibility index (Phi) is 5.78.